The molecule has 0 radical (unpaired) electrons. The molecule has 102 valence electrons. The van der Waals surface area contributed by atoms with Gasteiger partial charge >= 0.3 is 0 Å². The van der Waals surface area contributed by atoms with Gasteiger partial charge in [-0.25, -0.2) is 21.9 Å². The normalized spacial score (nSPS) is 13.6. The molecule has 1 aromatic rings. The number of ether oxygens (including phenoxy) is 1. The molecule has 1 unspecified atom stereocenters. The molecule has 0 saturated heterocycles. The van der Waals surface area contributed by atoms with E-state index in [1.807, 2.05) is 4.72 Å². The lowest BCUT2D eigenvalue weighted by Crippen LogP contribution is -2.35. The molecule has 18 heavy (non-hydrogen) atoms. The summed E-state index contributed by atoms with van der Waals surface area (Å²) in [5.74, 6) is 0.474. The van der Waals surface area contributed by atoms with E-state index in [0.29, 0.717) is 5.75 Å². The van der Waals surface area contributed by atoms with E-state index in [2.05, 4.69) is 0 Å². The topological polar surface area (TPSA) is 75.6 Å². The van der Waals surface area contributed by atoms with Crippen molar-refractivity contribution in [2.75, 3.05) is 13.7 Å². The summed E-state index contributed by atoms with van der Waals surface area (Å²) in [5.41, 5.74) is 0. The van der Waals surface area contributed by atoms with Crippen LogP contribution in [0.3, 0.4) is 0 Å². The largest absolute Gasteiger partial charge is 0.497 e. The predicted octanol–water partition coefficient (Wildman–Crippen LogP) is 0.600. The number of sulfonamides is 1. The fraction of sp³-hybridized carbons (Fsp3) is 0.400. The number of nitrogens with one attached hydrogen (secondary N) is 1. The Bertz CT molecular complexity index is 475. The summed E-state index contributed by atoms with van der Waals surface area (Å²) in [6.45, 7) is -0.744. The molecule has 8 heteroatoms. The highest BCUT2D eigenvalue weighted by Gasteiger charge is 2.21. The lowest BCUT2D eigenvalue weighted by Gasteiger charge is -2.11. The Labute approximate surface area is 103 Å². The second kappa shape index (κ2) is 6.07. The number of hydrogen-bond acceptors (Lipinski definition) is 4. The van der Waals surface area contributed by atoms with E-state index in [1.165, 1.54) is 31.4 Å². The summed E-state index contributed by atoms with van der Waals surface area (Å²) in [5, 5.41) is 8.82. The Hall–Kier alpha value is -1.25. The number of hydrogen-bond donors (Lipinski definition) is 2. The fourth-order valence-corrected chi connectivity index (χ4v) is 2.17. The molecule has 0 aliphatic carbocycles. The Morgan fingerprint density at radius 2 is 1.89 bits per heavy atom. The van der Waals surface area contributed by atoms with Gasteiger partial charge in [-0.1, -0.05) is 0 Å². The Morgan fingerprint density at radius 3 is 2.33 bits per heavy atom. The van der Waals surface area contributed by atoms with E-state index in [4.69, 9.17) is 9.84 Å². The van der Waals surface area contributed by atoms with Crippen LogP contribution in [-0.2, 0) is 10.0 Å². The van der Waals surface area contributed by atoms with E-state index >= 15 is 0 Å². The van der Waals surface area contributed by atoms with Crippen molar-refractivity contribution in [2.24, 2.45) is 0 Å². The molecule has 0 aliphatic heterocycles. The van der Waals surface area contributed by atoms with Gasteiger partial charge in [0.05, 0.1) is 12.0 Å². The molecular formula is C10H13F2NO4S. The molecule has 1 aromatic carbocycles. The number of alkyl halides is 2. The Balaban J connectivity index is 2.73. The molecular weight excluding hydrogens is 268 g/mol. The first-order valence-corrected chi connectivity index (χ1v) is 6.45. The van der Waals surface area contributed by atoms with Crippen molar-refractivity contribution in [1.29, 1.82) is 0 Å². The molecule has 0 heterocycles. The zero-order chi connectivity index (χ0) is 13.8. The number of methoxy groups -OCH3 is 1. The number of benzene rings is 1. The number of halogens is 2. The van der Waals surface area contributed by atoms with Gasteiger partial charge in [0.1, 0.15) is 11.9 Å². The Morgan fingerprint density at radius 1 is 1.33 bits per heavy atom. The van der Waals surface area contributed by atoms with Gasteiger partial charge in [0.25, 0.3) is 6.43 Å². The van der Waals surface area contributed by atoms with Crippen LogP contribution in [0.1, 0.15) is 0 Å². The monoisotopic (exact) mass is 281 g/mol. The third-order valence-corrected chi connectivity index (χ3v) is 3.58. The van der Waals surface area contributed by atoms with E-state index in [9.17, 15) is 17.2 Å². The number of aliphatic hydroxyl groups is 1. The van der Waals surface area contributed by atoms with Crippen LogP contribution in [0.2, 0.25) is 0 Å². The predicted molar refractivity (Wildman–Crippen MR) is 60.2 cm³/mol. The molecule has 1 rings (SSSR count). The van der Waals surface area contributed by atoms with Crippen molar-refractivity contribution in [3.8, 4) is 5.75 Å². The molecule has 0 fully saturated rings. The summed E-state index contributed by atoms with van der Waals surface area (Å²) in [6.07, 6.45) is -5.03. The molecule has 0 aromatic heterocycles. The van der Waals surface area contributed by atoms with Gasteiger partial charge in [-0.3, -0.25) is 0 Å². The molecule has 5 nitrogen and oxygen atoms in total. The van der Waals surface area contributed by atoms with Crippen molar-refractivity contribution >= 4 is 10.0 Å². The molecule has 0 bridgehead atoms. The van der Waals surface area contributed by atoms with Gasteiger partial charge in [-0.2, -0.15) is 0 Å². The van der Waals surface area contributed by atoms with Crippen LogP contribution in [-0.4, -0.2) is 39.7 Å². The van der Waals surface area contributed by atoms with E-state index in [1.54, 1.807) is 0 Å². The van der Waals surface area contributed by atoms with Gasteiger partial charge in [0.2, 0.25) is 10.0 Å². The summed E-state index contributed by atoms with van der Waals surface area (Å²) < 4.78 is 54.1. The average molecular weight is 281 g/mol. The van der Waals surface area contributed by atoms with Gasteiger partial charge in [0, 0.05) is 6.54 Å². The molecule has 0 spiro atoms. The van der Waals surface area contributed by atoms with E-state index in [-0.39, 0.29) is 4.90 Å². The van der Waals surface area contributed by atoms with Crippen LogP contribution in [0.5, 0.6) is 5.75 Å². The van der Waals surface area contributed by atoms with Gasteiger partial charge < -0.3 is 9.84 Å². The quantitative estimate of drug-likeness (QED) is 0.800. The maximum Gasteiger partial charge on any atom is 0.265 e. The average Bonchev–Trinajstić information content (AvgIpc) is 2.36. The van der Waals surface area contributed by atoms with Gasteiger partial charge in [-0.05, 0) is 24.3 Å². The van der Waals surface area contributed by atoms with Crippen molar-refractivity contribution < 1.29 is 27.0 Å². The molecule has 2 N–H and O–H groups in total. The summed E-state index contributed by atoms with van der Waals surface area (Å²) in [7, 11) is -2.48. The van der Waals surface area contributed by atoms with Crippen LogP contribution >= 0.6 is 0 Å². The Kier molecular flexibility index (Phi) is 5.00. The lowest BCUT2D eigenvalue weighted by molar-refractivity contribution is -0.000451. The minimum Gasteiger partial charge on any atom is -0.497 e. The van der Waals surface area contributed by atoms with Gasteiger partial charge in [-0.15, -0.1) is 0 Å². The third-order valence-electron chi connectivity index (χ3n) is 2.14. The van der Waals surface area contributed by atoms with Crippen LogP contribution < -0.4 is 9.46 Å². The highest BCUT2D eigenvalue weighted by Crippen LogP contribution is 2.15. The molecule has 0 amide bonds. The summed E-state index contributed by atoms with van der Waals surface area (Å²) in [6, 6.07) is 5.40. The fourth-order valence-electron chi connectivity index (χ4n) is 1.12. The second-order valence-corrected chi connectivity index (χ2v) is 5.20. The first kappa shape index (κ1) is 14.8. The molecule has 1 atom stereocenters. The molecule has 0 aliphatic rings. The number of aliphatic hydroxyl groups excluding tert-OH is 1. The highest BCUT2D eigenvalue weighted by molar-refractivity contribution is 7.89. The summed E-state index contributed by atoms with van der Waals surface area (Å²) >= 11 is 0. The minimum absolute atomic E-state index is 0.0928. The van der Waals surface area contributed by atoms with Crippen molar-refractivity contribution in [3.63, 3.8) is 0 Å². The highest BCUT2D eigenvalue weighted by atomic mass is 32.2. The van der Waals surface area contributed by atoms with Crippen LogP contribution in [0.15, 0.2) is 29.2 Å². The second-order valence-electron chi connectivity index (χ2n) is 3.43. The van der Waals surface area contributed by atoms with Crippen molar-refractivity contribution in [1.82, 2.24) is 4.72 Å². The van der Waals surface area contributed by atoms with E-state index in [0.717, 1.165) is 0 Å². The first-order chi connectivity index (χ1) is 8.36. The van der Waals surface area contributed by atoms with Crippen LogP contribution in [0.4, 0.5) is 8.78 Å². The first-order valence-electron chi connectivity index (χ1n) is 4.97. The molecule has 0 saturated carbocycles. The lowest BCUT2D eigenvalue weighted by atomic mass is 10.3. The van der Waals surface area contributed by atoms with Crippen molar-refractivity contribution in [3.05, 3.63) is 24.3 Å². The minimum atomic E-state index is -3.91. The SMILES string of the molecule is COc1ccc(S(=O)(=O)NCC(O)C(F)F)cc1. The van der Waals surface area contributed by atoms with E-state index < -0.39 is 29.1 Å². The maximum absolute atomic E-state index is 12.0. The van der Waals surface area contributed by atoms with Crippen LogP contribution in [0.25, 0.3) is 0 Å². The zero-order valence-corrected chi connectivity index (χ0v) is 10.3. The zero-order valence-electron chi connectivity index (χ0n) is 9.51. The standard InChI is InChI=1S/C10H13F2NO4S/c1-17-7-2-4-8(5-3-7)18(15,16)13-6-9(14)10(11)12/h2-5,9-10,13-14H,6H2,1H3. The van der Waals surface area contributed by atoms with Gasteiger partial charge in [0.15, 0.2) is 0 Å². The van der Waals surface area contributed by atoms with Crippen molar-refractivity contribution in [2.45, 2.75) is 17.4 Å². The third kappa shape index (κ3) is 3.90. The maximum atomic E-state index is 12.0. The summed E-state index contributed by atoms with van der Waals surface area (Å²) in [4.78, 5) is -0.0928. The smallest absolute Gasteiger partial charge is 0.265 e. The van der Waals surface area contributed by atoms with Crippen LogP contribution in [0, 0.1) is 0 Å². The number of rotatable bonds is 6.